The van der Waals surface area contributed by atoms with Crippen molar-refractivity contribution in [1.82, 2.24) is 9.55 Å². The van der Waals surface area contributed by atoms with Crippen molar-refractivity contribution in [3.63, 3.8) is 0 Å². The molecule has 0 aliphatic heterocycles. The first kappa shape index (κ1) is 11.2. The third-order valence-electron chi connectivity index (χ3n) is 2.35. The number of anilines is 1. The maximum Gasteiger partial charge on any atom is 0.203 e. The van der Waals surface area contributed by atoms with E-state index in [9.17, 15) is 0 Å². The summed E-state index contributed by atoms with van der Waals surface area (Å²) in [6.45, 7) is 8.06. The van der Waals surface area contributed by atoms with Gasteiger partial charge in [-0.1, -0.05) is 0 Å². The molecule has 0 aliphatic rings. The van der Waals surface area contributed by atoms with Crippen LogP contribution in [-0.4, -0.2) is 16.1 Å². The first-order chi connectivity index (χ1) is 7.69. The lowest BCUT2D eigenvalue weighted by atomic mass is 10.4. The van der Waals surface area contributed by atoms with Crippen molar-refractivity contribution in [2.45, 2.75) is 27.3 Å². The van der Waals surface area contributed by atoms with E-state index in [-0.39, 0.29) is 0 Å². The number of aryl methyl sites for hydroxylation is 2. The summed E-state index contributed by atoms with van der Waals surface area (Å²) in [5.41, 5.74) is 1.06. The Labute approximate surface area is 100 Å². The molecule has 4 heteroatoms. The van der Waals surface area contributed by atoms with Gasteiger partial charge in [0, 0.05) is 22.5 Å². The molecule has 0 bridgehead atoms. The van der Waals surface area contributed by atoms with E-state index in [2.05, 4.69) is 47.0 Å². The summed E-state index contributed by atoms with van der Waals surface area (Å²) in [6, 6.07) is 4.35. The first-order valence-corrected chi connectivity index (χ1v) is 6.33. The van der Waals surface area contributed by atoms with Gasteiger partial charge in [-0.15, -0.1) is 11.3 Å². The highest BCUT2D eigenvalue weighted by atomic mass is 32.1. The molecule has 0 fully saturated rings. The SMILES string of the molecule is CCNc1nc(C)cn1Cc1ccc(C)s1. The molecular weight excluding hydrogens is 218 g/mol. The van der Waals surface area contributed by atoms with E-state index in [1.54, 1.807) is 0 Å². The van der Waals surface area contributed by atoms with Crippen molar-refractivity contribution in [3.05, 3.63) is 33.8 Å². The minimum atomic E-state index is 0.903. The van der Waals surface area contributed by atoms with Gasteiger partial charge in [-0.05, 0) is 32.9 Å². The molecular formula is C12H17N3S. The van der Waals surface area contributed by atoms with E-state index < -0.39 is 0 Å². The van der Waals surface area contributed by atoms with Crippen molar-refractivity contribution in [3.8, 4) is 0 Å². The predicted molar refractivity (Wildman–Crippen MR) is 69.3 cm³/mol. The van der Waals surface area contributed by atoms with Crippen LogP contribution in [0.25, 0.3) is 0 Å². The van der Waals surface area contributed by atoms with E-state index >= 15 is 0 Å². The molecule has 0 aromatic carbocycles. The van der Waals surface area contributed by atoms with Gasteiger partial charge in [0.05, 0.1) is 12.2 Å². The van der Waals surface area contributed by atoms with Gasteiger partial charge in [0.25, 0.3) is 0 Å². The third kappa shape index (κ3) is 2.44. The number of aromatic nitrogens is 2. The molecule has 0 spiro atoms. The van der Waals surface area contributed by atoms with Gasteiger partial charge < -0.3 is 9.88 Å². The fourth-order valence-corrected chi connectivity index (χ4v) is 2.59. The van der Waals surface area contributed by atoms with Crippen molar-refractivity contribution in [1.29, 1.82) is 0 Å². The van der Waals surface area contributed by atoms with Crippen LogP contribution in [0.1, 0.15) is 22.4 Å². The van der Waals surface area contributed by atoms with E-state index in [1.165, 1.54) is 9.75 Å². The lowest BCUT2D eigenvalue weighted by Gasteiger charge is -2.06. The van der Waals surface area contributed by atoms with E-state index in [4.69, 9.17) is 0 Å². The van der Waals surface area contributed by atoms with Gasteiger partial charge in [0.1, 0.15) is 0 Å². The summed E-state index contributed by atoms with van der Waals surface area (Å²) < 4.78 is 2.17. The minimum absolute atomic E-state index is 0.903. The summed E-state index contributed by atoms with van der Waals surface area (Å²) in [4.78, 5) is 7.19. The van der Waals surface area contributed by atoms with Crippen LogP contribution in [0, 0.1) is 13.8 Å². The third-order valence-corrected chi connectivity index (χ3v) is 3.34. The Morgan fingerprint density at radius 3 is 2.81 bits per heavy atom. The van der Waals surface area contributed by atoms with Crippen molar-refractivity contribution in [2.75, 3.05) is 11.9 Å². The molecule has 0 unspecified atom stereocenters. The lowest BCUT2D eigenvalue weighted by Crippen LogP contribution is -2.06. The average Bonchev–Trinajstić information content (AvgIpc) is 2.76. The monoisotopic (exact) mass is 235 g/mol. The van der Waals surface area contributed by atoms with Gasteiger partial charge in [-0.3, -0.25) is 0 Å². The second-order valence-corrected chi connectivity index (χ2v) is 5.25. The largest absolute Gasteiger partial charge is 0.356 e. The zero-order chi connectivity index (χ0) is 11.5. The molecule has 2 aromatic rings. The Morgan fingerprint density at radius 2 is 2.19 bits per heavy atom. The van der Waals surface area contributed by atoms with E-state index in [1.807, 2.05) is 18.3 Å². The molecule has 0 atom stereocenters. The number of nitrogens with zero attached hydrogens (tertiary/aromatic N) is 2. The minimum Gasteiger partial charge on any atom is -0.356 e. The van der Waals surface area contributed by atoms with Crippen molar-refractivity contribution >= 4 is 17.3 Å². The van der Waals surface area contributed by atoms with Crippen molar-refractivity contribution < 1.29 is 0 Å². The topological polar surface area (TPSA) is 29.9 Å². The smallest absolute Gasteiger partial charge is 0.203 e. The first-order valence-electron chi connectivity index (χ1n) is 5.52. The quantitative estimate of drug-likeness (QED) is 0.882. The predicted octanol–water partition coefficient (Wildman–Crippen LogP) is 3.04. The summed E-state index contributed by atoms with van der Waals surface area (Å²) in [6.07, 6.45) is 2.09. The molecule has 1 N–H and O–H groups in total. The van der Waals surface area contributed by atoms with Gasteiger partial charge in [0.15, 0.2) is 0 Å². The van der Waals surface area contributed by atoms with Gasteiger partial charge in [-0.25, -0.2) is 4.98 Å². The normalized spacial score (nSPS) is 10.7. The second-order valence-electron chi connectivity index (χ2n) is 3.88. The Balaban J connectivity index is 2.19. The highest BCUT2D eigenvalue weighted by Gasteiger charge is 2.05. The molecule has 0 saturated heterocycles. The fourth-order valence-electron chi connectivity index (χ4n) is 1.70. The van der Waals surface area contributed by atoms with Crippen LogP contribution in [0.4, 0.5) is 5.95 Å². The summed E-state index contributed by atoms with van der Waals surface area (Å²) in [5, 5.41) is 3.28. The molecule has 86 valence electrons. The molecule has 3 nitrogen and oxygen atoms in total. The zero-order valence-electron chi connectivity index (χ0n) is 9.95. The van der Waals surface area contributed by atoms with Gasteiger partial charge in [-0.2, -0.15) is 0 Å². The average molecular weight is 235 g/mol. The van der Waals surface area contributed by atoms with Crippen LogP contribution >= 0.6 is 11.3 Å². The fraction of sp³-hybridized carbons (Fsp3) is 0.417. The Bertz CT molecular complexity index is 470. The molecule has 0 aliphatic carbocycles. The van der Waals surface area contributed by atoms with Crippen LogP contribution in [0.2, 0.25) is 0 Å². The second kappa shape index (κ2) is 4.70. The van der Waals surface area contributed by atoms with Gasteiger partial charge >= 0.3 is 0 Å². The number of imidazole rings is 1. The maximum atomic E-state index is 4.46. The van der Waals surface area contributed by atoms with Crippen molar-refractivity contribution in [2.24, 2.45) is 0 Å². The molecule has 2 aromatic heterocycles. The Kier molecular flexibility index (Phi) is 3.29. The Morgan fingerprint density at radius 1 is 1.38 bits per heavy atom. The number of hydrogen-bond acceptors (Lipinski definition) is 3. The van der Waals surface area contributed by atoms with Crippen LogP contribution in [0.5, 0.6) is 0 Å². The molecule has 16 heavy (non-hydrogen) atoms. The Hall–Kier alpha value is -1.29. The number of nitrogens with one attached hydrogen (secondary N) is 1. The molecule has 0 radical (unpaired) electrons. The zero-order valence-corrected chi connectivity index (χ0v) is 10.8. The number of hydrogen-bond donors (Lipinski definition) is 1. The molecule has 0 saturated carbocycles. The van der Waals surface area contributed by atoms with Crippen LogP contribution < -0.4 is 5.32 Å². The van der Waals surface area contributed by atoms with E-state index in [0.29, 0.717) is 0 Å². The van der Waals surface area contributed by atoms with Crippen LogP contribution in [0.3, 0.4) is 0 Å². The van der Waals surface area contributed by atoms with Crippen LogP contribution in [0.15, 0.2) is 18.3 Å². The lowest BCUT2D eigenvalue weighted by molar-refractivity contribution is 0.811. The highest BCUT2D eigenvalue weighted by Crippen LogP contribution is 2.18. The highest BCUT2D eigenvalue weighted by molar-refractivity contribution is 7.11. The van der Waals surface area contributed by atoms with Gasteiger partial charge in [0.2, 0.25) is 5.95 Å². The number of thiophene rings is 1. The maximum absolute atomic E-state index is 4.46. The standard InChI is InChI=1S/C12H17N3S/c1-4-13-12-14-9(2)7-15(12)8-11-6-5-10(3)16-11/h5-7H,4,8H2,1-3H3,(H,13,14). The number of rotatable bonds is 4. The summed E-state index contributed by atoms with van der Waals surface area (Å²) in [5.74, 6) is 0.964. The molecule has 0 amide bonds. The summed E-state index contributed by atoms with van der Waals surface area (Å²) in [7, 11) is 0. The van der Waals surface area contributed by atoms with Crippen LogP contribution in [-0.2, 0) is 6.54 Å². The molecule has 2 heterocycles. The molecule has 2 rings (SSSR count). The van der Waals surface area contributed by atoms with E-state index in [0.717, 1.165) is 24.7 Å². The summed E-state index contributed by atoms with van der Waals surface area (Å²) >= 11 is 1.84.